The Morgan fingerprint density at radius 2 is 1.78 bits per heavy atom. The van der Waals surface area contributed by atoms with Gasteiger partial charge in [-0.25, -0.2) is 4.98 Å². The highest BCUT2D eigenvalue weighted by Gasteiger charge is 2.22. The molecule has 4 rings (SSSR count). The molecule has 0 bridgehead atoms. The molecule has 0 atom stereocenters. The number of amides is 1. The molecule has 2 heterocycles. The Morgan fingerprint density at radius 3 is 2.48 bits per heavy atom. The molecule has 2 aromatic carbocycles. The average molecular weight is 383 g/mol. The number of ether oxygens (including phenoxy) is 2. The molecule has 3 aromatic rings. The molecule has 6 nitrogen and oxygen atoms in total. The number of aromatic nitrogens is 1. The lowest BCUT2D eigenvalue weighted by atomic mass is 10.2. The van der Waals surface area contributed by atoms with E-state index in [1.54, 1.807) is 4.90 Å². The number of hydrogen-bond acceptors (Lipinski definition) is 6. The smallest absolute Gasteiger partial charge is 0.260 e. The Hall–Kier alpha value is -2.64. The monoisotopic (exact) mass is 383 g/mol. The zero-order valence-corrected chi connectivity index (χ0v) is 16.2. The summed E-state index contributed by atoms with van der Waals surface area (Å²) in [5, 5.41) is 0.683. The van der Waals surface area contributed by atoms with Gasteiger partial charge in [0, 0.05) is 30.8 Å². The molecule has 0 unspecified atom stereocenters. The lowest BCUT2D eigenvalue weighted by Crippen LogP contribution is -2.36. The van der Waals surface area contributed by atoms with Gasteiger partial charge in [-0.3, -0.25) is 9.69 Å². The van der Waals surface area contributed by atoms with Crippen LogP contribution in [-0.4, -0.2) is 56.2 Å². The van der Waals surface area contributed by atoms with Crippen LogP contribution in [0.2, 0.25) is 0 Å². The molecule has 1 amide bonds. The van der Waals surface area contributed by atoms with Gasteiger partial charge in [-0.1, -0.05) is 29.5 Å². The molecule has 0 fully saturated rings. The molecule has 1 aliphatic heterocycles. The molecule has 7 heteroatoms. The Labute approximate surface area is 161 Å². The van der Waals surface area contributed by atoms with Crippen molar-refractivity contribution in [3.63, 3.8) is 0 Å². The number of nitrogens with zero attached hydrogens (tertiary/aromatic N) is 3. The maximum Gasteiger partial charge on any atom is 0.260 e. The van der Waals surface area contributed by atoms with E-state index in [0.717, 1.165) is 22.5 Å². The van der Waals surface area contributed by atoms with Crippen molar-refractivity contribution in [3.05, 3.63) is 48.0 Å². The van der Waals surface area contributed by atoms with Crippen molar-refractivity contribution in [3.8, 4) is 11.5 Å². The highest BCUT2D eigenvalue weighted by Crippen LogP contribution is 2.39. The van der Waals surface area contributed by atoms with E-state index in [1.165, 1.54) is 11.3 Å². The van der Waals surface area contributed by atoms with Crippen molar-refractivity contribution in [2.24, 2.45) is 0 Å². The molecule has 1 aliphatic rings. The molecule has 140 valence electrons. The van der Waals surface area contributed by atoms with Gasteiger partial charge >= 0.3 is 0 Å². The van der Waals surface area contributed by atoms with Gasteiger partial charge in [0.25, 0.3) is 5.91 Å². The van der Waals surface area contributed by atoms with Crippen LogP contribution in [0, 0.1) is 0 Å². The van der Waals surface area contributed by atoms with E-state index in [-0.39, 0.29) is 5.91 Å². The predicted molar refractivity (Wildman–Crippen MR) is 107 cm³/mol. The third-order valence-corrected chi connectivity index (χ3v) is 5.35. The zero-order valence-electron chi connectivity index (χ0n) is 15.3. The third-order valence-electron chi connectivity index (χ3n) is 4.31. The first-order chi connectivity index (χ1) is 13.1. The van der Waals surface area contributed by atoms with Crippen LogP contribution in [0.1, 0.15) is 10.4 Å². The van der Waals surface area contributed by atoms with Gasteiger partial charge in [-0.15, -0.1) is 0 Å². The summed E-state index contributed by atoms with van der Waals surface area (Å²) < 4.78 is 12.3. The minimum absolute atomic E-state index is 0.0474. The van der Waals surface area contributed by atoms with Crippen LogP contribution in [0.5, 0.6) is 11.5 Å². The Kier molecular flexibility index (Phi) is 4.96. The number of hydrogen-bond donors (Lipinski definition) is 0. The summed E-state index contributed by atoms with van der Waals surface area (Å²) in [4.78, 5) is 21.6. The molecular weight excluding hydrogens is 362 g/mol. The van der Waals surface area contributed by atoms with Crippen LogP contribution < -0.4 is 14.4 Å². The van der Waals surface area contributed by atoms with Crippen LogP contribution in [0.15, 0.2) is 42.5 Å². The highest BCUT2D eigenvalue weighted by atomic mass is 32.1. The van der Waals surface area contributed by atoms with E-state index in [4.69, 9.17) is 14.5 Å². The summed E-state index contributed by atoms with van der Waals surface area (Å²) >= 11 is 1.49. The van der Waals surface area contributed by atoms with Gasteiger partial charge in [0.2, 0.25) is 0 Å². The van der Waals surface area contributed by atoms with Crippen molar-refractivity contribution in [1.29, 1.82) is 0 Å². The molecule has 0 saturated heterocycles. The van der Waals surface area contributed by atoms with Gasteiger partial charge in [0.1, 0.15) is 13.2 Å². The number of likely N-dealkylation sites (N-methyl/N-ethyl adjacent to an activating group) is 1. The van der Waals surface area contributed by atoms with Crippen LogP contribution in [-0.2, 0) is 0 Å². The topological polar surface area (TPSA) is 54.9 Å². The molecular formula is C20H21N3O3S. The van der Waals surface area contributed by atoms with E-state index in [1.807, 2.05) is 56.6 Å². The number of fused-ring (bicyclic) bond motifs is 2. The summed E-state index contributed by atoms with van der Waals surface area (Å²) in [6, 6.07) is 13.2. The minimum Gasteiger partial charge on any atom is -0.486 e. The SMILES string of the molecule is CN(C)CCN(C(=O)c1ccccc1)c1nc2cc3c(cc2s1)OCCO3. The van der Waals surface area contributed by atoms with Gasteiger partial charge in [0.15, 0.2) is 16.6 Å². The lowest BCUT2D eigenvalue weighted by Gasteiger charge is -2.22. The van der Waals surface area contributed by atoms with Crippen LogP contribution in [0.4, 0.5) is 5.13 Å². The Balaban J connectivity index is 1.71. The van der Waals surface area contributed by atoms with Crippen molar-refractivity contribution in [1.82, 2.24) is 9.88 Å². The van der Waals surface area contributed by atoms with Gasteiger partial charge in [-0.2, -0.15) is 0 Å². The maximum atomic E-state index is 13.1. The van der Waals surface area contributed by atoms with Crippen LogP contribution in [0.25, 0.3) is 10.2 Å². The molecule has 0 N–H and O–H groups in total. The van der Waals surface area contributed by atoms with Gasteiger partial charge < -0.3 is 14.4 Å². The number of thiazole rings is 1. The number of anilines is 1. The first kappa shape index (κ1) is 17.8. The second-order valence-electron chi connectivity index (χ2n) is 6.59. The van der Waals surface area contributed by atoms with Crippen LogP contribution in [0.3, 0.4) is 0 Å². The normalized spacial score (nSPS) is 13.1. The fourth-order valence-corrected chi connectivity index (χ4v) is 3.89. The van der Waals surface area contributed by atoms with Gasteiger partial charge in [-0.05, 0) is 26.2 Å². The number of benzene rings is 2. The Morgan fingerprint density at radius 1 is 1.07 bits per heavy atom. The summed E-state index contributed by atoms with van der Waals surface area (Å²) in [6.07, 6.45) is 0. The predicted octanol–water partition coefficient (Wildman–Crippen LogP) is 3.28. The number of carbonyl (C=O) groups excluding carboxylic acids is 1. The van der Waals surface area contributed by atoms with Crippen molar-refractivity contribution in [2.45, 2.75) is 0 Å². The lowest BCUT2D eigenvalue weighted by molar-refractivity contribution is 0.0985. The van der Waals surface area contributed by atoms with E-state index in [0.29, 0.717) is 36.2 Å². The van der Waals surface area contributed by atoms with E-state index < -0.39 is 0 Å². The molecule has 0 radical (unpaired) electrons. The highest BCUT2D eigenvalue weighted by molar-refractivity contribution is 7.22. The summed E-state index contributed by atoms with van der Waals surface area (Å²) in [6.45, 7) is 2.40. The summed E-state index contributed by atoms with van der Waals surface area (Å²) in [5.41, 5.74) is 1.47. The quantitative estimate of drug-likeness (QED) is 0.677. The number of carbonyl (C=O) groups is 1. The standard InChI is InChI=1S/C20H21N3O3S/c1-22(2)8-9-23(19(24)14-6-4-3-5-7-14)20-21-15-12-16-17(13-18(15)27-20)26-11-10-25-16/h3-7,12-13H,8-11H2,1-2H3. The van der Waals surface area contributed by atoms with Gasteiger partial charge in [0.05, 0.1) is 10.2 Å². The largest absolute Gasteiger partial charge is 0.486 e. The molecule has 0 aliphatic carbocycles. The van der Waals surface area contributed by atoms with E-state index in [9.17, 15) is 4.79 Å². The zero-order chi connectivity index (χ0) is 18.8. The van der Waals surface area contributed by atoms with E-state index >= 15 is 0 Å². The molecule has 1 aromatic heterocycles. The second kappa shape index (κ2) is 7.54. The van der Waals surface area contributed by atoms with Crippen LogP contribution >= 0.6 is 11.3 Å². The fourth-order valence-electron chi connectivity index (χ4n) is 2.89. The Bertz CT molecular complexity index is 913. The average Bonchev–Trinajstić information content (AvgIpc) is 3.09. The first-order valence-corrected chi connectivity index (χ1v) is 9.65. The molecule has 27 heavy (non-hydrogen) atoms. The summed E-state index contributed by atoms with van der Waals surface area (Å²) in [5.74, 6) is 1.40. The van der Waals surface area contributed by atoms with Crippen molar-refractivity contribution in [2.75, 3.05) is 45.3 Å². The van der Waals surface area contributed by atoms with Crippen molar-refractivity contribution < 1.29 is 14.3 Å². The molecule has 0 saturated carbocycles. The third kappa shape index (κ3) is 3.74. The fraction of sp³-hybridized carbons (Fsp3) is 0.300. The van der Waals surface area contributed by atoms with Crippen molar-refractivity contribution >= 4 is 32.6 Å². The van der Waals surface area contributed by atoms with E-state index in [2.05, 4.69) is 4.90 Å². The number of rotatable bonds is 5. The first-order valence-electron chi connectivity index (χ1n) is 8.83. The summed E-state index contributed by atoms with van der Waals surface area (Å²) in [7, 11) is 3.98. The molecule has 0 spiro atoms. The second-order valence-corrected chi connectivity index (χ2v) is 7.60. The minimum atomic E-state index is -0.0474. The maximum absolute atomic E-state index is 13.1.